The molecule has 3 rings (SSSR count). The second kappa shape index (κ2) is 9.69. The van der Waals surface area contributed by atoms with Crippen molar-refractivity contribution in [1.82, 2.24) is 14.7 Å². The van der Waals surface area contributed by atoms with E-state index in [9.17, 15) is 25.6 Å². The summed E-state index contributed by atoms with van der Waals surface area (Å²) in [5.74, 6) is -3.24. The molecule has 0 bridgehead atoms. The van der Waals surface area contributed by atoms with Gasteiger partial charge in [-0.3, -0.25) is 0 Å². The fourth-order valence-electron chi connectivity index (χ4n) is 2.89. The number of sulfonamides is 2. The van der Waals surface area contributed by atoms with Gasteiger partial charge in [0.05, 0.1) is 0 Å². The standard InChI is InChI=1S/C20H19F2N5O5S2/c1-13-12-14(2)24-19(23-13)25-20(26-33(28,29)17-10-6-4-8-15(17)21)27(32-3)34(30,31)18-11-7-5-9-16(18)22/h4-12H,1-3H3,(H,23,24,25,26)/p+1. The van der Waals surface area contributed by atoms with Crippen molar-refractivity contribution in [1.29, 1.82) is 0 Å². The number of hydrogen-bond donors (Lipinski definition) is 2. The van der Waals surface area contributed by atoms with Gasteiger partial charge in [-0.05, 0) is 44.2 Å². The minimum absolute atomic E-state index is 0.102. The molecule has 0 unspecified atom stereocenters. The Morgan fingerprint density at radius 3 is 1.88 bits per heavy atom. The third kappa shape index (κ3) is 5.28. The molecule has 0 amide bonds. The fourth-order valence-corrected chi connectivity index (χ4v) is 5.30. The monoisotopic (exact) mass is 512 g/mol. The van der Waals surface area contributed by atoms with Crippen LogP contribution in [0.2, 0.25) is 0 Å². The maximum atomic E-state index is 14.3. The summed E-state index contributed by atoms with van der Waals surface area (Å²) in [4.78, 5) is 11.5. The summed E-state index contributed by atoms with van der Waals surface area (Å²) < 4.78 is 82.8. The molecule has 14 heteroatoms. The number of rotatable bonds is 6. The fraction of sp³-hybridized carbons (Fsp3) is 0.150. The predicted molar refractivity (Wildman–Crippen MR) is 118 cm³/mol. The number of aromatic nitrogens is 2. The molecule has 0 aliphatic rings. The van der Waals surface area contributed by atoms with Gasteiger partial charge >= 0.3 is 26.0 Å². The first-order valence-electron chi connectivity index (χ1n) is 9.53. The van der Waals surface area contributed by atoms with Crippen molar-refractivity contribution >= 4 is 32.0 Å². The number of nitrogens with one attached hydrogen (secondary N) is 2. The van der Waals surface area contributed by atoms with Crippen LogP contribution in [0.15, 0.2) is 64.4 Å². The highest BCUT2D eigenvalue weighted by Gasteiger charge is 2.36. The average Bonchev–Trinajstić information content (AvgIpc) is 2.73. The third-order valence-corrected chi connectivity index (χ3v) is 7.28. The van der Waals surface area contributed by atoms with Crippen LogP contribution in [0.25, 0.3) is 0 Å². The highest BCUT2D eigenvalue weighted by atomic mass is 32.2. The lowest BCUT2D eigenvalue weighted by atomic mass is 10.4. The maximum Gasteiger partial charge on any atom is 0.421 e. The first-order chi connectivity index (χ1) is 16.0. The summed E-state index contributed by atoms with van der Waals surface area (Å²) in [6.45, 7) is 3.26. The van der Waals surface area contributed by atoms with Gasteiger partial charge in [0.25, 0.3) is 5.95 Å². The predicted octanol–water partition coefficient (Wildman–Crippen LogP) is 2.08. The lowest BCUT2D eigenvalue weighted by molar-refractivity contribution is -0.667. The molecule has 2 aromatic carbocycles. The third-order valence-electron chi connectivity index (χ3n) is 4.25. The SMILES string of the molecule is CO[N+](=C(Nc1nc(C)cc(C)n1)NS(=O)(=O)c1ccccc1F)S(=O)(=O)c1ccccc1F. The number of aryl methyl sites for hydroxylation is 2. The van der Waals surface area contributed by atoms with Gasteiger partial charge in [-0.2, -0.15) is 21.6 Å². The van der Waals surface area contributed by atoms with Crippen LogP contribution in [0.5, 0.6) is 0 Å². The minimum Gasteiger partial charge on any atom is -0.350 e. The van der Waals surface area contributed by atoms with Crippen molar-refractivity contribution in [3.05, 3.63) is 77.6 Å². The zero-order valence-electron chi connectivity index (χ0n) is 18.2. The molecule has 180 valence electrons. The van der Waals surface area contributed by atoms with Gasteiger partial charge in [0.15, 0.2) is 0 Å². The maximum absolute atomic E-state index is 14.3. The Labute approximate surface area is 195 Å². The Balaban J connectivity index is 2.23. The Morgan fingerprint density at radius 2 is 1.38 bits per heavy atom. The molecule has 1 heterocycles. The molecule has 0 spiro atoms. The number of nitrogens with zero attached hydrogens (tertiary/aromatic N) is 3. The number of halogens is 2. The zero-order chi connectivity index (χ0) is 25.1. The van der Waals surface area contributed by atoms with E-state index in [2.05, 4.69) is 15.3 Å². The van der Waals surface area contributed by atoms with E-state index in [4.69, 9.17) is 4.84 Å². The van der Waals surface area contributed by atoms with Crippen LogP contribution in [-0.4, -0.2) is 44.0 Å². The Bertz CT molecular complexity index is 1460. The molecule has 0 aliphatic heterocycles. The first-order valence-corrected chi connectivity index (χ1v) is 12.5. The molecule has 34 heavy (non-hydrogen) atoms. The molecule has 3 aromatic rings. The number of hydrogen-bond acceptors (Lipinski definition) is 7. The Hall–Kier alpha value is -3.65. The van der Waals surface area contributed by atoms with Crippen LogP contribution in [0.4, 0.5) is 14.7 Å². The summed E-state index contributed by atoms with van der Waals surface area (Å²) in [6.07, 6.45) is 0. The van der Waals surface area contributed by atoms with Crippen molar-refractivity contribution in [2.45, 2.75) is 23.6 Å². The number of anilines is 1. The van der Waals surface area contributed by atoms with E-state index in [1.54, 1.807) is 19.9 Å². The molecule has 2 N–H and O–H groups in total. The zero-order valence-corrected chi connectivity index (χ0v) is 19.8. The van der Waals surface area contributed by atoms with Gasteiger partial charge in [0.1, 0.15) is 28.5 Å². The van der Waals surface area contributed by atoms with Gasteiger partial charge in [-0.25, -0.2) is 24.1 Å². The minimum atomic E-state index is -4.83. The summed E-state index contributed by atoms with van der Waals surface area (Å²) >= 11 is 0. The Kier molecular flexibility index (Phi) is 7.12. The van der Waals surface area contributed by atoms with E-state index in [0.717, 1.165) is 31.4 Å². The van der Waals surface area contributed by atoms with E-state index in [1.165, 1.54) is 24.3 Å². The summed E-state index contributed by atoms with van der Waals surface area (Å²) in [5.41, 5.74) is 0.958. The van der Waals surface area contributed by atoms with E-state index in [0.29, 0.717) is 11.4 Å². The second-order valence-electron chi connectivity index (χ2n) is 6.83. The molecule has 0 saturated carbocycles. The van der Waals surface area contributed by atoms with Crippen LogP contribution in [0.1, 0.15) is 11.4 Å². The molecular weight excluding hydrogens is 492 g/mol. The molecule has 0 fully saturated rings. The van der Waals surface area contributed by atoms with Gasteiger partial charge in [0, 0.05) is 15.5 Å². The summed E-state index contributed by atoms with van der Waals surface area (Å²) in [6, 6.07) is 10.5. The molecule has 1 aromatic heterocycles. The molecule has 0 aliphatic carbocycles. The van der Waals surface area contributed by atoms with Gasteiger partial charge in [-0.15, -0.1) is 0 Å². The van der Waals surface area contributed by atoms with Crippen molar-refractivity contribution in [2.75, 3.05) is 12.4 Å². The highest BCUT2D eigenvalue weighted by molar-refractivity contribution is 7.90. The van der Waals surface area contributed by atoms with Crippen molar-refractivity contribution < 1.29 is 34.6 Å². The normalized spacial score (nSPS) is 12.6. The van der Waals surface area contributed by atoms with Gasteiger partial charge < -0.3 is 4.84 Å². The lowest BCUT2D eigenvalue weighted by Crippen LogP contribution is -2.45. The van der Waals surface area contributed by atoms with Crippen molar-refractivity contribution in [3.63, 3.8) is 0 Å². The molecule has 0 atom stereocenters. The second-order valence-corrected chi connectivity index (χ2v) is 10.2. The van der Waals surface area contributed by atoms with Crippen LogP contribution in [-0.2, 0) is 24.9 Å². The quantitative estimate of drug-likeness (QED) is 0.222. The van der Waals surface area contributed by atoms with Gasteiger partial charge in [-0.1, -0.05) is 24.3 Å². The van der Waals surface area contributed by atoms with E-state index in [1.807, 2.05) is 4.72 Å². The van der Waals surface area contributed by atoms with E-state index in [-0.39, 0.29) is 10.1 Å². The number of guanidine groups is 1. The van der Waals surface area contributed by atoms with E-state index >= 15 is 0 Å². The van der Waals surface area contributed by atoms with Crippen molar-refractivity contribution in [3.8, 4) is 0 Å². The smallest absolute Gasteiger partial charge is 0.350 e. The summed E-state index contributed by atoms with van der Waals surface area (Å²) in [5, 5.41) is 2.43. The molecule has 0 radical (unpaired) electrons. The molecule has 10 nitrogen and oxygen atoms in total. The molecular formula is C20H20F2N5O5S2+. The van der Waals surface area contributed by atoms with Crippen LogP contribution < -0.4 is 10.0 Å². The number of benzene rings is 2. The average molecular weight is 513 g/mol. The summed E-state index contributed by atoms with van der Waals surface area (Å²) in [7, 11) is -8.61. The Morgan fingerprint density at radius 1 is 0.882 bits per heavy atom. The van der Waals surface area contributed by atoms with Crippen molar-refractivity contribution in [2.24, 2.45) is 0 Å². The van der Waals surface area contributed by atoms with Crippen LogP contribution in [0.3, 0.4) is 0 Å². The highest BCUT2D eigenvalue weighted by Crippen LogP contribution is 2.18. The first kappa shape index (κ1) is 25.0. The van der Waals surface area contributed by atoms with Crippen LogP contribution >= 0.6 is 0 Å². The lowest BCUT2D eigenvalue weighted by Gasteiger charge is -2.13. The largest absolute Gasteiger partial charge is 0.421 e. The van der Waals surface area contributed by atoms with Crippen LogP contribution in [0, 0.1) is 25.5 Å². The van der Waals surface area contributed by atoms with E-state index < -0.39 is 47.4 Å². The topological polar surface area (TPSA) is 130 Å². The molecule has 0 saturated heterocycles. The van der Waals surface area contributed by atoms with Gasteiger partial charge in [0.2, 0.25) is 0 Å².